The minimum atomic E-state index is 0.676. The highest BCUT2D eigenvalue weighted by atomic mass is 32.1. The van der Waals surface area contributed by atoms with Crippen molar-refractivity contribution in [2.75, 3.05) is 13.7 Å². The Kier molecular flexibility index (Phi) is 4.93. The number of aryl methyl sites for hydroxylation is 2. The zero-order valence-corrected chi connectivity index (χ0v) is 12.5. The topological polar surface area (TPSA) is 34.1 Å². The zero-order valence-electron chi connectivity index (χ0n) is 11.7. The Morgan fingerprint density at radius 1 is 1.21 bits per heavy atom. The third-order valence-corrected chi connectivity index (χ3v) is 3.69. The molecule has 0 spiro atoms. The first kappa shape index (κ1) is 14.0. The Balaban J connectivity index is 1.85. The summed E-state index contributed by atoms with van der Waals surface area (Å²) in [5, 5.41) is 6.34. The number of nitrogens with zero attached hydrogens (tertiary/aromatic N) is 1. The smallest absolute Gasteiger partial charge is 0.119 e. The van der Waals surface area contributed by atoms with E-state index in [4.69, 9.17) is 4.74 Å². The minimum Gasteiger partial charge on any atom is -0.493 e. The van der Waals surface area contributed by atoms with Crippen LogP contribution in [0.5, 0.6) is 5.75 Å². The van der Waals surface area contributed by atoms with Crippen molar-refractivity contribution in [3.05, 3.63) is 45.4 Å². The molecule has 2 rings (SSSR count). The van der Waals surface area contributed by atoms with Gasteiger partial charge in [-0.2, -0.15) is 0 Å². The van der Waals surface area contributed by atoms with Crippen molar-refractivity contribution in [2.24, 2.45) is 0 Å². The van der Waals surface area contributed by atoms with Crippen LogP contribution in [0, 0.1) is 13.8 Å². The van der Waals surface area contributed by atoms with E-state index in [1.54, 1.807) is 11.3 Å². The molecular weight excluding hydrogens is 256 g/mol. The second kappa shape index (κ2) is 6.68. The van der Waals surface area contributed by atoms with Gasteiger partial charge in [0.2, 0.25) is 0 Å². The van der Waals surface area contributed by atoms with E-state index < -0.39 is 0 Å². The standard InChI is InChI=1S/C15H20N2OS/c1-11-6-12(2)8-14(7-11)18-5-4-15-17-13(9-16-3)10-19-15/h6-8,10,16H,4-5,9H2,1-3H3. The molecule has 102 valence electrons. The fraction of sp³-hybridized carbons (Fsp3) is 0.400. The Morgan fingerprint density at radius 3 is 2.63 bits per heavy atom. The summed E-state index contributed by atoms with van der Waals surface area (Å²) in [6.07, 6.45) is 0.862. The van der Waals surface area contributed by atoms with E-state index >= 15 is 0 Å². The summed E-state index contributed by atoms with van der Waals surface area (Å²) in [7, 11) is 1.93. The van der Waals surface area contributed by atoms with Crippen LogP contribution in [-0.4, -0.2) is 18.6 Å². The second-order valence-electron chi connectivity index (χ2n) is 4.68. The molecule has 19 heavy (non-hydrogen) atoms. The van der Waals surface area contributed by atoms with E-state index in [1.165, 1.54) is 11.1 Å². The van der Waals surface area contributed by atoms with Gasteiger partial charge in [-0.3, -0.25) is 0 Å². The highest BCUT2D eigenvalue weighted by molar-refractivity contribution is 7.09. The maximum atomic E-state index is 5.79. The molecule has 0 unspecified atom stereocenters. The van der Waals surface area contributed by atoms with Gasteiger partial charge in [-0.1, -0.05) is 6.07 Å². The molecule has 0 bridgehead atoms. The average molecular weight is 276 g/mol. The fourth-order valence-electron chi connectivity index (χ4n) is 2.00. The third kappa shape index (κ3) is 4.33. The van der Waals surface area contributed by atoms with Crippen LogP contribution in [0.15, 0.2) is 23.6 Å². The van der Waals surface area contributed by atoms with E-state index in [2.05, 4.69) is 47.7 Å². The molecule has 0 atom stereocenters. The molecule has 1 aromatic carbocycles. The fourth-order valence-corrected chi connectivity index (χ4v) is 2.78. The minimum absolute atomic E-state index is 0.676. The molecular formula is C15H20N2OS. The summed E-state index contributed by atoms with van der Waals surface area (Å²) >= 11 is 1.70. The van der Waals surface area contributed by atoms with E-state index in [0.717, 1.165) is 29.4 Å². The highest BCUT2D eigenvalue weighted by Crippen LogP contribution is 2.17. The molecule has 0 saturated carbocycles. The summed E-state index contributed by atoms with van der Waals surface area (Å²) in [4.78, 5) is 4.54. The largest absolute Gasteiger partial charge is 0.493 e. The molecule has 0 aliphatic carbocycles. The SMILES string of the molecule is CNCc1csc(CCOc2cc(C)cc(C)c2)n1. The van der Waals surface area contributed by atoms with Gasteiger partial charge in [-0.05, 0) is 44.2 Å². The van der Waals surface area contributed by atoms with Gasteiger partial charge in [0.05, 0.1) is 17.3 Å². The summed E-state index contributed by atoms with van der Waals surface area (Å²) in [6, 6.07) is 6.29. The summed E-state index contributed by atoms with van der Waals surface area (Å²) in [5.74, 6) is 0.949. The zero-order chi connectivity index (χ0) is 13.7. The predicted molar refractivity (Wildman–Crippen MR) is 80.0 cm³/mol. The number of ether oxygens (including phenoxy) is 1. The van der Waals surface area contributed by atoms with Gasteiger partial charge in [0.1, 0.15) is 5.75 Å². The maximum absolute atomic E-state index is 5.79. The number of rotatable bonds is 6. The van der Waals surface area contributed by atoms with Crippen LogP contribution in [-0.2, 0) is 13.0 Å². The van der Waals surface area contributed by atoms with Crippen molar-refractivity contribution in [3.63, 3.8) is 0 Å². The van der Waals surface area contributed by atoms with Gasteiger partial charge >= 0.3 is 0 Å². The van der Waals surface area contributed by atoms with Crippen molar-refractivity contribution in [1.29, 1.82) is 0 Å². The number of thiazole rings is 1. The Labute approximate surface area is 118 Å². The first-order chi connectivity index (χ1) is 9.17. The van der Waals surface area contributed by atoms with Crippen molar-refractivity contribution in [2.45, 2.75) is 26.8 Å². The number of hydrogen-bond donors (Lipinski definition) is 1. The van der Waals surface area contributed by atoms with Gasteiger partial charge < -0.3 is 10.1 Å². The third-order valence-electron chi connectivity index (χ3n) is 2.74. The molecule has 1 N–H and O–H groups in total. The quantitative estimate of drug-likeness (QED) is 0.880. The molecule has 4 heteroatoms. The van der Waals surface area contributed by atoms with Crippen molar-refractivity contribution in [1.82, 2.24) is 10.3 Å². The molecule has 2 aromatic rings. The van der Waals surface area contributed by atoms with Crippen LogP contribution in [0.4, 0.5) is 0 Å². The van der Waals surface area contributed by atoms with E-state index in [0.29, 0.717) is 6.61 Å². The maximum Gasteiger partial charge on any atom is 0.119 e. The van der Waals surface area contributed by atoms with E-state index in [-0.39, 0.29) is 0 Å². The molecule has 0 aliphatic rings. The first-order valence-electron chi connectivity index (χ1n) is 6.46. The molecule has 0 saturated heterocycles. The first-order valence-corrected chi connectivity index (χ1v) is 7.34. The van der Waals surface area contributed by atoms with Crippen LogP contribution >= 0.6 is 11.3 Å². The molecule has 1 aromatic heterocycles. The highest BCUT2D eigenvalue weighted by Gasteiger charge is 2.02. The van der Waals surface area contributed by atoms with Crippen molar-refractivity contribution in [3.8, 4) is 5.75 Å². The monoisotopic (exact) mass is 276 g/mol. The van der Waals surface area contributed by atoms with Crippen LogP contribution in [0.3, 0.4) is 0 Å². The van der Waals surface area contributed by atoms with Crippen LogP contribution in [0.1, 0.15) is 21.8 Å². The van der Waals surface area contributed by atoms with Gasteiger partial charge in [0, 0.05) is 18.3 Å². The average Bonchev–Trinajstić information content (AvgIpc) is 2.76. The number of hydrogen-bond acceptors (Lipinski definition) is 4. The summed E-state index contributed by atoms with van der Waals surface area (Å²) in [6.45, 7) is 5.68. The number of aromatic nitrogens is 1. The van der Waals surface area contributed by atoms with Gasteiger partial charge in [-0.25, -0.2) is 4.98 Å². The van der Waals surface area contributed by atoms with Crippen LogP contribution in [0.25, 0.3) is 0 Å². The number of benzene rings is 1. The lowest BCUT2D eigenvalue weighted by Crippen LogP contribution is -2.06. The van der Waals surface area contributed by atoms with Crippen molar-refractivity contribution >= 4 is 11.3 Å². The van der Waals surface area contributed by atoms with Crippen LogP contribution in [0.2, 0.25) is 0 Å². The molecule has 0 fully saturated rings. The Bertz CT molecular complexity index is 516. The van der Waals surface area contributed by atoms with Gasteiger partial charge in [-0.15, -0.1) is 11.3 Å². The lowest BCUT2D eigenvalue weighted by Gasteiger charge is -2.07. The van der Waals surface area contributed by atoms with E-state index in [1.807, 2.05) is 7.05 Å². The molecule has 1 heterocycles. The van der Waals surface area contributed by atoms with Gasteiger partial charge in [0.15, 0.2) is 0 Å². The summed E-state index contributed by atoms with van der Waals surface area (Å²) < 4.78 is 5.79. The molecule has 3 nitrogen and oxygen atoms in total. The normalized spacial score (nSPS) is 10.7. The summed E-state index contributed by atoms with van der Waals surface area (Å²) in [5.41, 5.74) is 3.58. The lowest BCUT2D eigenvalue weighted by atomic mass is 10.1. The molecule has 0 aliphatic heterocycles. The second-order valence-corrected chi connectivity index (χ2v) is 5.63. The lowest BCUT2D eigenvalue weighted by molar-refractivity contribution is 0.321. The number of nitrogens with one attached hydrogen (secondary N) is 1. The van der Waals surface area contributed by atoms with Gasteiger partial charge in [0.25, 0.3) is 0 Å². The van der Waals surface area contributed by atoms with Crippen LogP contribution < -0.4 is 10.1 Å². The molecule has 0 amide bonds. The Morgan fingerprint density at radius 2 is 1.95 bits per heavy atom. The van der Waals surface area contributed by atoms with E-state index in [9.17, 15) is 0 Å². The Hall–Kier alpha value is -1.39. The molecule has 0 radical (unpaired) electrons. The predicted octanol–water partition coefficient (Wildman–Crippen LogP) is 3.10. The van der Waals surface area contributed by atoms with Crippen molar-refractivity contribution < 1.29 is 4.74 Å².